The Balaban J connectivity index is 1.64. The van der Waals surface area contributed by atoms with Gasteiger partial charge in [-0.3, -0.25) is 14.4 Å². The number of aryl methyl sites for hydroxylation is 1. The second kappa shape index (κ2) is 11.8. The smallest absolute Gasteiger partial charge is 0.257 e. The summed E-state index contributed by atoms with van der Waals surface area (Å²) in [5.74, 6) is -0.237. The molecular weight excluding hydrogens is 488 g/mol. The standard InChI is InChI=1S/C28H32N4O4S/c1-4-24(37-26-19(17-29)11-10-18(2)30-26)28(35)31(20-8-6-5-7-9-20)23-16-25(33)32(27(23)34)21-12-14-22(36-3)15-13-21/h10-15,20,23-24H,4-9,16H2,1-3H3. The number of thioether (sulfide) groups is 1. The van der Waals surface area contributed by atoms with Gasteiger partial charge in [0.1, 0.15) is 22.9 Å². The number of carbonyl (C=O) groups is 3. The molecule has 4 rings (SSSR count). The van der Waals surface area contributed by atoms with E-state index in [9.17, 15) is 19.6 Å². The van der Waals surface area contributed by atoms with Crippen LogP contribution in [0.15, 0.2) is 41.4 Å². The van der Waals surface area contributed by atoms with Gasteiger partial charge in [-0.1, -0.05) is 37.9 Å². The summed E-state index contributed by atoms with van der Waals surface area (Å²) in [4.78, 5) is 48.3. The predicted molar refractivity (Wildman–Crippen MR) is 141 cm³/mol. The third-order valence-electron chi connectivity index (χ3n) is 7.03. The molecule has 1 aromatic carbocycles. The molecule has 2 heterocycles. The molecule has 9 heteroatoms. The molecule has 1 aromatic heterocycles. The Bertz CT molecular complexity index is 1200. The maximum absolute atomic E-state index is 14.1. The van der Waals surface area contributed by atoms with Crippen LogP contribution in [-0.4, -0.2) is 52.0 Å². The average molecular weight is 521 g/mol. The van der Waals surface area contributed by atoms with Gasteiger partial charge < -0.3 is 9.64 Å². The van der Waals surface area contributed by atoms with E-state index in [4.69, 9.17) is 4.74 Å². The highest BCUT2D eigenvalue weighted by Gasteiger charge is 2.47. The number of nitriles is 1. The van der Waals surface area contributed by atoms with Crippen molar-refractivity contribution in [2.24, 2.45) is 0 Å². The van der Waals surface area contributed by atoms with Gasteiger partial charge in [-0.05, 0) is 62.6 Å². The number of anilines is 1. The van der Waals surface area contributed by atoms with Crippen molar-refractivity contribution in [1.82, 2.24) is 9.88 Å². The molecule has 8 nitrogen and oxygen atoms in total. The fraction of sp³-hybridized carbons (Fsp3) is 0.464. The van der Waals surface area contributed by atoms with Gasteiger partial charge in [-0.2, -0.15) is 5.26 Å². The molecule has 1 saturated heterocycles. The van der Waals surface area contributed by atoms with Crippen molar-refractivity contribution in [2.75, 3.05) is 12.0 Å². The summed E-state index contributed by atoms with van der Waals surface area (Å²) in [5.41, 5.74) is 1.65. The molecule has 37 heavy (non-hydrogen) atoms. The summed E-state index contributed by atoms with van der Waals surface area (Å²) in [5, 5.41) is 9.55. The van der Waals surface area contributed by atoms with Crippen molar-refractivity contribution < 1.29 is 19.1 Å². The summed E-state index contributed by atoms with van der Waals surface area (Å²) in [6.07, 6.45) is 5.13. The lowest BCUT2D eigenvalue weighted by Crippen LogP contribution is -2.53. The molecule has 1 aliphatic heterocycles. The van der Waals surface area contributed by atoms with E-state index in [1.807, 2.05) is 13.8 Å². The fourth-order valence-electron chi connectivity index (χ4n) is 5.10. The molecule has 2 aliphatic rings. The molecule has 2 unspecified atom stereocenters. The minimum atomic E-state index is -0.847. The van der Waals surface area contributed by atoms with Crippen LogP contribution in [0.1, 0.15) is 63.1 Å². The van der Waals surface area contributed by atoms with Gasteiger partial charge in [0.05, 0.1) is 30.0 Å². The summed E-state index contributed by atoms with van der Waals surface area (Å²) in [6.45, 7) is 3.76. The molecule has 0 N–H and O–H groups in total. The van der Waals surface area contributed by atoms with Crippen LogP contribution in [0, 0.1) is 18.3 Å². The molecule has 2 fully saturated rings. The van der Waals surface area contributed by atoms with Gasteiger partial charge in [0.25, 0.3) is 5.91 Å². The van der Waals surface area contributed by atoms with Gasteiger partial charge in [-0.25, -0.2) is 9.88 Å². The normalized spacial score (nSPS) is 19.0. The Labute approximate surface area is 222 Å². The number of hydrogen-bond acceptors (Lipinski definition) is 7. The van der Waals surface area contributed by atoms with Crippen LogP contribution in [0.4, 0.5) is 5.69 Å². The van der Waals surface area contributed by atoms with Crippen LogP contribution >= 0.6 is 11.8 Å². The minimum absolute atomic E-state index is 0.0413. The Hall–Kier alpha value is -3.38. The largest absolute Gasteiger partial charge is 0.497 e. The number of pyridine rings is 1. The molecular formula is C28H32N4O4S. The number of nitrogens with zero attached hydrogens (tertiary/aromatic N) is 4. The lowest BCUT2D eigenvalue weighted by molar-refractivity contribution is -0.141. The first kappa shape index (κ1) is 26.7. The third-order valence-corrected chi connectivity index (χ3v) is 8.39. The van der Waals surface area contributed by atoms with Crippen LogP contribution in [0.25, 0.3) is 0 Å². The van der Waals surface area contributed by atoms with Crippen LogP contribution in [0.5, 0.6) is 5.75 Å². The van der Waals surface area contributed by atoms with Gasteiger partial charge in [0.2, 0.25) is 11.8 Å². The number of methoxy groups -OCH3 is 1. The highest BCUT2D eigenvalue weighted by Crippen LogP contribution is 2.35. The van der Waals surface area contributed by atoms with Crippen molar-refractivity contribution in [1.29, 1.82) is 5.26 Å². The molecule has 0 spiro atoms. The van der Waals surface area contributed by atoms with Gasteiger partial charge in [-0.15, -0.1) is 0 Å². The molecule has 2 aromatic rings. The van der Waals surface area contributed by atoms with E-state index >= 15 is 0 Å². The number of rotatable bonds is 8. The Morgan fingerprint density at radius 1 is 1.19 bits per heavy atom. The van der Waals surface area contributed by atoms with E-state index in [1.165, 1.54) is 16.7 Å². The lowest BCUT2D eigenvalue weighted by atomic mass is 9.92. The van der Waals surface area contributed by atoms with E-state index in [0.717, 1.165) is 37.8 Å². The average Bonchev–Trinajstić information content (AvgIpc) is 3.21. The quantitative estimate of drug-likeness (QED) is 0.369. The zero-order valence-electron chi connectivity index (χ0n) is 21.5. The van der Waals surface area contributed by atoms with Crippen molar-refractivity contribution in [3.05, 3.63) is 47.7 Å². The van der Waals surface area contributed by atoms with Crippen LogP contribution in [0.3, 0.4) is 0 Å². The fourth-order valence-corrected chi connectivity index (χ4v) is 6.20. The molecule has 0 bridgehead atoms. The van der Waals surface area contributed by atoms with Crippen LogP contribution in [0.2, 0.25) is 0 Å². The Morgan fingerprint density at radius 3 is 2.51 bits per heavy atom. The van der Waals surface area contributed by atoms with Crippen molar-refractivity contribution >= 4 is 35.2 Å². The molecule has 3 amide bonds. The second-order valence-electron chi connectivity index (χ2n) is 9.45. The minimum Gasteiger partial charge on any atom is -0.497 e. The molecule has 194 valence electrons. The summed E-state index contributed by atoms with van der Waals surface area (Å²) < 4.78 is 5.20. The number of hydrogen-bond donors (Lipinski definition) is 0. The Kier molecular flexibility index (Phi) is 8.49. The van der Waals surface area contributed by atoms with E-state index in [1.54, 1.807) is 48.4 Å². The second-order valence-corrected chi connectivity index (χ2v) is 10.6. The van der Waals surface area contributed by atoms with E-state index < -0.39 is 11.3 Å². The number of amides is 3. The van der Waals surface area contributed by atoms with Crippen LogP contribution < -0.4 is 9.64 Å². The van der Waals surface area contributed by atoms with Gasteiger partial charge >= 0.3 is 0 Å². The third kappa shape index (κ3) is 5.64. The lowest BCUT2D eigenvalue weighted by Gasteiger charge is -2.39. The number of aromatic nitrogens is 1. The number of ether oxygens (including phenoxy) is 1. The monoisotopic (exact) mass is 520 g/mol. The summed E-state index contributed by atoms with van der Waals surface area (Å²) in [7, 11) is 1.55. The highest BCUT2D eigenvalue weighted by atomic mass is 32.2. The number of benzene rings is 1. The van der Waals surface area contributed by atoms with E-state index in [2.05, 4.69) is 11.1 Å². The Morgan fingerprint density at radius 2 is 1.89 bits per heavy atom. The number of carbonyl (C=O) groups excluding carboxylic acids is 3. The maximum Gasteiger partial charge on any atom is 0.257 e. The topological polar surface area (TPSA) is 104 Å². The molecule has 2 atom stereocenters. The highest BCUT2D eigenvalue weighted by molar-refractivity contribution is 8.00. The zero-order chi connectivity index (χ0) is 26.5. The maximum atomic E-state index is 14.1. The zero-order valence-corrected chi connectivity index (χ0v) is 22.3. The van der Waals surface area contributed by atoms with E-state index in [0.29, 0.717) is 28.4 Å². The first-order chi connectivity index (χ1) is 17.9. The summed E-state index contributed by atoms with van der Waals surface area (Å²) in [6, 6.07) is 11.5. The number of imide groups is 1. The first-order valence-corrected chi connectivity index (χ1v) is 13.6. The van der Waals surface area contributed by atoms with Crippen LogP contribution in [-0.2, 0) is 14.4 Å². The van der Waals surface area contributed by atoms with Gasteiger partial charge in [0.15, 0.2) is 0 Å². The van der Waals surface area contributed by atoms with E-state index in [-0.39, 0.29) is 30.2 Å². The molecule has 1 saturated carbocycles. The summed E-state index contributed by atoms with van der Waals surface area (Å²) >= 11 is 1.27. The molecule has 1 aliphatic carbocycles. The first-order valence-electron chi connectivity index (χ1n) is 12.7. The van der Waals surface area contributed by atoms with Crippen molar-refractivity contribution in [3.8, 4) is 11.8 Å². The predicted octanol–water partition coefficient (Wildman–Crippen LogP) is 4.63. The molecule has 0 radical (unpaired) electrons. The van der Waals surface area contributed by atoms with Crippen molar-refractivity contribution in [3.63, 3.8) is 0 Å². The van der Waals surface area contributed by atoms with Crippen molar-refractivity contribution in [2.45, 2.75) is 81.2 Å². The SMILES string of the molecule is CCC(Sc1nc(C)ccc1C#N)C(=O)N(C1CCCCC1)C1CC(=O)N(c2ccc(OC)cc2)C1=O. The van der Waals surface area contributed by atoms with Gasteiger partial charge in [0, 0.05) is 11.7 Å².